The molecule has 0 spiro atoms. The Morgan fingerprint density at radius 3 is 2.84 bits per heavy atom. The third-order valence-electron chi connectivity index (χ3n) is 4.47. The molecule has 0 fully saturated rings. The van der Waals surface area contributed by atoms with Crippen LogP contribution in [0, 0.1) is 13.8 Å². The molecule has 1 atom stereocenters. The highest BCUT2D eigenvalue weighted by molar-refractivity contribution is 5.79. The zero-order chi connectivity index (χ0) is 17.6. The fraction of sp³-hybridized carbons (Fsp3) is 0.250. The number of nitrogens with zero attached hydrogens (tertiary/aromatic N) is 2. The van der Waals surface area contributed by atoms with Gasteiger partial charge in [0, 0.05) is 16.8 Å². The van der Waals surface area contributed by atoms with Crippen molar-refractivity contribution < 1.29 is 9.84 Å². The zero-order valence-electron chi connectivity index (χ0n) is 14.6. The SMILES string of the molecule is CCOc1cccc(C2Nc3ccc(C)cc3-c3cc(C)nn32)c1O. The minimum atomic E-state index is -0.292. The maximum absolute atomic E-state index is 10.7. The Kier molecular flexibility index (Phi) is 3.64. The van der Waals surface area contributed by atoms with Crippen LogP contribution in [0.2, 0.25) is 0 Å². The molecule has 0 bridgehead atoms. The molecule has 1 aromatic heterocycles. The molecule has 1 aliphatic heterocycles. The molecule has 2 aromatic carbocycles. The number of benzene rings is 2. The largest absolute Gasteiger partial charge is 0.504 e. The van der Waals surface area contributed by atoms with Crippen LogP contribution in [0.25, 0.3) is 11.3 Å². The van der Waals surface area contributed by atoms with Gasteiger partial charge in [-0.1, -0.05) is 23.8 Å². The topological polar surface area (TPSA) is 59.3 Å². The molecule has 3 aromatic rings. The maximum atomic E-state index is 10.7. The number of rotatable bonds is 3. The van der Waals surface area contributed by atoms with Crippen molar-refractivity contribution in [3.8, 4) is 22.8 Å². The molecular formula is C20H21N3O2. The molecule has 2 heterocycles. The monoisotopic (exact) mass is 335 g/mol. The number of para-hydroxylation sites is 1. The smallest absolute Gasteiger partial charge is 0.165 e. The molecule has 25 heavy (non-hydrogen) atoms. The maximum Gasteiger partial charge on any atom is 0.165 e. The van der Waals surface area contributed by atoms with E-state index in [2.05, 4.69) is 41.6 Å². The third kappa shape index (κ3) is 2.52. The molecular weight excluding hydrogens is 314 g/mol. The molecule has 5 nitrogen and oxygen atoms in total. The van der Waals surface area contributed by atoms with Crippen molar-refractivity contribution in [3.63, 3.8) is 0 Å². The van der Waals surface area contributed by atoms with Gasteiger partial charge in [0.1, 0.15) is 0 Å². The summed E-state index contributed by atoms with van der Waals surface area (Å²) in [5.74, 6) is 0.637. The van der Waals surface area contributed by atoms with Crippen LogP contribution in [-0.2, 0) is 0 Å². The van der Waals surface area contributed by atoms with E-state index in [1.807, 2.05) is 30.7 Å². The Morgan fingerprint density at radius 1 is 1.20 bits per heavy atom. The van der Waals surface area contributed by atoms with Crippen molar-refractivity contribution in [1.29, 1.82) is 0 Å². The van der Waals surface area contributed by atoms with Gasteiger partial charge in [0.25, 0.3) is 0 Å². The summed E-state index contributed by atoms with van der Waals surface area (Å²) in [5.41, 5.74) is 6.08. The van der Waals surface area contributed by atoms with E-state index < -0.39 is 0 Å². The summed E-state index contributed by atoms with van der Waals surface area (Å²) in [6, 6.07) is 14.0. The van der Waals surface area contributed by atoms with Crippen LogP contribution in [0.15, 0.2) is 42.5 Å². The van der Waals surface area contributed by atoms with Gasteiger partial charge in [-0.15, -0.1) is 0 Å². The Bertz CT molecular complexity index is 946. The van der Waals surface area contributed by atoms with Crippen molar-refractivity contribution in [3.05, 3.63) is 59.3 Å². The van der Waals surface area contributed by atoms with E-state index in [0.29, 0.717) is 12.4 Å². The Balaban J connectivity index is 1.88. The number of hydrogen-bond acceptors (Lipinski definition) is 4. The number of fused-ring (bicyclic) bond motifs is 3. The van der Waals surface area contributed by atoms with Gasteiger partial charge in [-0.3, -0.25) is 0 Å². The number of aromatic hydroxyl groups is 1. The van der Waals surface area contributed by atoms with E-state index in [9.17, 15) is 5.11 Å². The summed E-state index contributed by atoms with van der Waals surface area (Å²) in [6.07, 6.45) is -0.292. The summed E-state index contributed by atoms with van der Waals surface area (Å²) < 4.78 is 7.47. The zero-order valence-corrected chi connectivity index (χ0v) is 14.6. The lowest BCUT2D eigenvalue weighted by atomic mass is 10.0. The Labute approximate surface area is 146 Å². The highest BCUT2D eigenvalue weighted by Gasteiger charge is 2.29. The van der Waals surface area contributed by atoms with E-state index >= 15 is 0 Å². The van der Waals surface area contributed by atoms with Crippen molar-refractivity contribution >= 4 is 5.69 Å². The molecule has 0 aliphatic carbocycles. The first-order valence-electron chi connectivity index (χ1n) is 8.47. The lowest BCUT2D eigenvalue weighted by Gasteiger charge is -2.30. The predicted octanol–water partition coefficient (Wildman–Crippen LogP) is 4.24. The fourth-order valence-corrected chi connectivity index (χ4v) is 3.36. The number of nitrogens with one attached hydrogen (secondary N) is 1. The van der Waals surface area contributed by atoms with Crippen LogP contribution < -0.4 is 10.1 Å². The fourth-order valence-electron chi connectivity index (χ4n) is 3.36. The number of hydrogen-bond donors (Lipinski definition) is 2. The van der Waals surface area contributed by atoms with Crippen molar-refractivity contribution in [1.82, 2.24) is 9.78 Å². The van der Waals surface area contributed by atoms with Gasteiger partial charge in [0.2, 0.25) is 0 Å². The second-order valence-corrected chi connectivity index (χ2v) is 6.34. The lowest BCUT2D eigenvalue weighted by molar-refractivity contribution is 0.315. The summed E-state index contributed by atoms with van der Waals surface area (Å²) >= 11 is 0. The predicted molar refractivity (Wildman–Crippen MR) is 98.2 cm³/mol. The highest BCUT2D eigenvalue weighted by Crippen LogP contribution is 2.42. The van der Waals surface area contributed by atoms with Crippen LogP contribution in [0.1, 0.15) is 29.9 Å². The van der Waals surface area contributed by atoms with Crippen LogP contribution in [-0.4, -0.2) is 21.5 Å². The van der Waals surface area contributed by atoms with E-state index in [0.717, 1.165) is 28.2 Å². The average molecular weight is 335 g/mol. The van der Waals surface area contributed by atoms with Gasteiger partial charge < -0.3 is 15.2 Å². The minimum absolute atomic E-state index is 0.150. The summed E-state index contributed by atoms with van der Waals surface area (Å²) in [6.45, 7) is 6.47. The van der Waals surface area contributed by atoms with Crippen molar-refractivity contribution in [2.45, 2.75) is 26.9 Å². The van der Waals surface area contributed by atoms with Crippen LogP contribution in [0.3, 0.4) is 0 Å². The van der Waals surface area contributed by atoms with E-state index in [-0.39, 0.29) is 11.9 Å². The number of phenols is 1. The summed E-state index contributed by atoms with van der Waals surface area (Å²) in [5, 5.41) is 18.9. The molecule has 1 unspecified atom stereocenters. The standard InChI is InChI=1S/C20H21N3O2/c1-4-25-18-7-5-6-14(19(18)24)20-21-16-9-8-12(2)10-15(16)17-11-13(3)22-23(17)20/h5-11,20-21,24H,4H2,1-3H3. The van der Waals surface area contributed by atoms with Crippen LogP contribution in [0.5, 0.6) is 11.5 Å². The molecule has 128 valence electrons. The van der Waals surface area contributed by atoms with Gasteiger partial charge in [-0.25, -0.2) is 4.68 Å². The molecule has 0 saturated heterocycles. The average Bonchev–Trinajstić information content (AvgIpc) is 2.98. The molecule has 0 radical (unpaired) electrons. The molecule has 4 rings (SSSR count). The number of phenolic OH excluding ortho intramolecular Hbond substituents is 1. The first kappa shape index (κ1) is 15.6. The molecule has 0 amide bonds. The first-order valence-corrected chi connectivity index (χ1v) is 8.47. The van der Waals surface area contributed by atoms with Crippen molar-refractivity contribution in [2.75, 3.05) is 11.9 Å². The molecule has 5 heteroatoms. The van der Waals surface area contributed by atoms with Crippen LogP contribution in [0.4, 0.5) is 5.69 Å². The molecule has 0 saturated carbocycles. The lowest BCUT2D eigenvalue weighted by Crippen LogP contribution is -2.25. The van der Waals surface area contributed by atoms with E-state index in [1.165, 1.54) is 5.56 Å². The van der Waals surface area contributed by atoms with E-state index in [4.69, 9.17) is 4.74 Å². The quantitative estimate of drug-likeness (QED) is 0.751. The second-order valence-electron chi connectivity index (χ2n) is 6.34. The number of ether oxygens (including phenoxy) is 1. The van der Waals surface area contributed by atoms with Gasteiger partial charge in [-0.2, -0.15) is 5.10 Å². The van der Waals surface area contributed by atoms with Gasteiger partial charge >= 0.3 is 0 Å². The normalized spacial score (nSPS) is 15.2. The number of anilines is 1. The number of aromatic nitrogens is 2. The summed E-state index contributed by atoms with van der Waals surface area (Å²) in [4.78, 5) is 0. The third-order valence-corrected chi connectivity index (χ3v) is 4.47. The molecule has 2 N–H and O–H groups in total. The van der Waals surface area contributed by atoms with Gasteiger partial charge in [0.05, 0.1) is 18.0 Å². The number of aryl methyl sites for hydroxylation is 2. The highest BCUT2D eigenvalue weighted by atomic mass is 16.5. The summed E-state index contributed by atoms with van der Waals surface area (Å²) in [7, 11) is 0. The second kappa shape index (κ2) is 5.84. The Hall–Kier alpha value is -2.95. The van der Waals surface area contributed by atoms with Gasteiger partial charge in [-0.05, 0) is 45.0 Å². The van der Waals surface area contributed by atoms with Gasteiger partial charge in [0.15, 0.2) is 17.7 Å². The first-order chi connectivity index (χ1) is 12.1. The molecule has 1 aliphatic rings. The minimum Gasteiger partial charge on any atom is -0.504 e. The van der Waals surface area contributed by atoms with E-state index in [1.54, 1.807) is 6.07 Å². The van der Waals surface area contributed by atoms with Crippen LogP contribution >= 0.6 is 0 Å². The Morgan fingerprint density at radius 2 is 2.04 bits per heavy atom. The van der Waals surface area contributed by atoms with Crippen molar-refractivity contribution in [2.24, 2.45) is 0 Å².